The number of rotatable bonds is 3. The fourth-order valence-electron chi connectivity index (χ4n) is 2.69. The number of nitrogen functional groups attached to an aromatic ring is 1. The number of phenols is 1. The Balaban J connectivity index is 1.92. The summed E-state index contributed by atoms with van der Waals surface area (Å²) in [5.74, 6) is -1.44. The lowest BCUT2D eigenvalue weighted by molar-refractivity contribution is 0.0332. The highest BCUT2D eigenvalue weighted by Crippen LogP contribution is 2.35. The third-order valence-electron chi connectivity index (χ3n) is 4.00. The Morgan fingerprint density at radius 1 is 1.13 bits per heavy atom. The summed E-state index contributed by atoms with van der Waals surface area (Å²) in [6, 6.07) is 7.18. The molecular weight excluding hydrogens is 302 g/mol. The van der Waals surface area contributed by atoms with Gasteiger partial charge in [0, 0.05) is 30.8 Å². The van der Waals surface area contributed by atoms with E-state index in [1.807, 2.05) is 4.90 Å². The number of morpholine rings is 1. The molecular formula is C17H18F2N2O2. The van der Waals surface area contributed by atoms with E-state index in [1.165, 1.54) is 18.2 Å². The molecule has 1 aliphatic heterocycles. The van der Waals surface area contributed by atoms with Gasteiger partial charge in [-0.15, -0.1) is 0 Å². The van der Waals surface area contributed by atoms with Crippen molar-refractivity contribution in [1.29, 1.82) is 0 Å². The van der Waals surface area contributed by atoms with Gasteiger partial charge in [-0.2, -0.15) is 0 Å². The summed E-state index contributed by atoms with van der Waals surface area (Å²) in [5.41, 5.74) is 6.39. The van der Waals surface area contributed by atoms with E-state index in [4.69, 9.17) is 10.5 Å². The molecule has 0 unspecified atom stereocenters. The topological polar surface area (TPSA) is 58.7 Å². The number of hydrogen-bond acceptors (Lipinski definition) is 4. The molecule has 0 atom stereocenters. The molecule has 2 aromatic carbocycles. The molecule has 4 nitrogen and oxygen atoms in total. The zero-order valence-corrected chi connectivity index (χ0v) is 12.6. The van der Waals surface area contributed by atoms with Crippen LogP contribution in [0.2, 0.25) is 0 Å². The third-order valence-corrected chi connectivity index (χ3v) is 4.00. The number of benzene rings is 2. The SMILES string of the molecule is Nc1cccc(-c2cc(F)c(CN3CCOCC3)c(F)c2)c1O. The van der Waals surface area contributed by atoms with Gasteiger partial charge in [0.05, 0.1) is 18.9 Å². The van der Waals surface area contributed by atoms with E-state index in [1.54, 1.807) is 12.1 Å². The molecule has 0 spiro atoms. The zero-order chi connectivity index (χ0) is 16.4. The first-order valence-electron chi connectivity index (χ1n) is 7.42. The minimum absolute atomic E-state index is 0.0269. The van der Waals surface area contributed by atoms with Crippen LogP contribution in [0.3, 0.4) is 0 Å². The maximum atomic E-state index is 14.4. The van der Waals surface area contributed by atoms with E-state index < -0.39 is 11.6 Å². The summed E-state index contributed by atoms with van der Waals surface area (Å²) in [6.45, 7) is 2.63. The van der Waals surface area contributed by atoms with Gasteiger partial charge in [0.25, 0.3) is 0 Å². The second-order valence-electron chi connectivity index (χ2n) is 5.55. The van der Waals surface area contributed by atoms with Crippen LogP contribution < -0.4 is 5.73 Å². The predicted octanol–water partition coefficient (Wildman–Crippen LogP) is 2.75. The molecule has 0 amide bonds. The first-order chi connectivity index (χ1) is 11.1. The highest BCUT2D eigenvalue weighted by atomic mass is 19.1. The van der Waals surface area contributed by atoms with Gasteiger partial charge in [-0.1, -0.05) is 12.1 Å². The largest absolute Gasteiger partial charge is 0.505 e. The van der Waals surface area contributed by atoms with Gasteiger partial charge in [0.2, 0.25) is 0 Å². The number of ether oxygens (including phenoxy) is 1. The number of hydrogen-bond donors (Lipinski definition) is 2. The molecule has 0 bridgehead atoms. The van der Waals surface area contributed by atoms with Crippen LogP contribution in [-0.2, 0) is 11.3 Å². The van der Waals surface area contributed by atoms with E-state index in [0.29, 0.717) is 31.9 Å². The maximum absolute atomic E-state index is 14.4. The molecule has 0 radical (unpaired) electrons. The van der Waals surface area contributed by atoms with Gasteiger partial charge in [-0.05, 0) is 23.8 Å². The van der Waals surface area contributed by atoms with Crippen molar-refractivity contribution in [3.8, 4) is 16.9 Å². The number of aromatic hydroxyl groups is 1. The first-order valence-corrected chi connectivity index (χ1v) is 7.42. The van der Waals surface area contributed by atoms with Gasteiger partial charge >= 0.3 is 0 Å². The molecule has 0 saturated carbocycles. The Morgan fingerprint density at radius 2 is 1.78 bits per heavy atom. The maximum Gasteiger partial charge on any atom is 0.146 e. The lowest BCUT2D eigenvalue weighted by Gasteiger charge is -2.27. The molecule has 3 N–H and O–H groups in total. The quantitative estimate of drug-likeness (QED) is 0.674. The van der Waals surface area contributed by atoms with Crippen molar-refractivity contribution < 1.29 is 18.6 Å². The summed E-state index contributed by atoms with van der Waals surface area (Å²) in [4.78, 5) is 1.95. The number of halogens is 2. The Hall–Kier alpha value is -2.18. The van der Waals surface area contributed by atoms with Crippen molar-refractivity contribution in [2.24, 2.45) is 0 Å². The summed E-state index contributed by atoms with van der Waals surface area (Å²) in [5, 5.41) is 9.97. The lowest BCUT2D eigenvalue weighted by atomic mass is 10.0. The first kappa shape index (κ1) is 15.7. The monoisotopic (exact) mass is 320 g/mol. The second-order valence-corrected chi connectivity index (χ2v) is 5.55. The number of anilines is 1. The van der Waals surface area contributed by atoms with Crippen molar-refractivity contribution in [3.05, 3.63) is 47.5 Å². The van der Waals surface area contributed by atoms with Crippen LogP contribution in [0.5, 0.6) is 5.75 Å². The average Bonchev–Trinajstić information content (AvgIpc) is 2.54. The van der Waals surface area contributed by atoms with Gasteiger partial charge in [-0.25, -0.2) is 8.78 Å². The van der Waals surface area contributed by atoms with Crippen molar-refractivity contribution in [2.75, 3.05) is 32.0 Å². The second kappa shape index (κ2) is 6.52. The van der Waals surface area contributed by atoms with E-state index in [-0.39, 0.29) is 29.1 Å². The number of para-hydroxylation sites is 1. The van der Waals surface area contributed by atoms with E-state index in [9.17, 15) is 13.9 Å². The minimum Gasteiger partial charge on any atom is -0.505 e. The van der Waals surface area contributed by atoms with Gasteiger partial charge < -0.3 is 15.6 Å². The molecule has 1 fully saturated rings. The molecule has 0 aromatic heterocycles. The molecule has 23 heavy (non-hydrogen) atoms. The normalized spacial score (nSPS) is 15.7. The fourth-order valence-corrected chi connectivity index (χ4v) is 2.69. The number of nitrogens with zero attached hydrogens (tertiary/aromatic N) is 1. The molecule has 0 aliphatic carbocycles. The van der Waals surface area contributed by atoms with Crippen LogP contribution >= 0.6 is 0 Å². The lowest BCUT2D eigenvalue weighted by Crippen LogP contribution is -2.36. The molecule has 2 aromatic rings. The fraction of sp³-hybridized carbons (Fsp3) is 0.294. The Kier molecular flexibility index (Phi) is 4.45. The van der Waals surface area contributed by atoms with Gasteiger partial charge in [0.15, 0.2) is 0 Å². The Morgan fingerprint density at radius 3 is 2.43 bits per heavy atom. The summed E-state index contributed by atoms with van der Waals surface area (Å²) < 4.78 is 34.0. The van der Waals surface area contributed by atoms with Crippen LogP contribution in [-0.4, -0.2) is 36.3 Å². The van der Waals surface area contributed by atoms with Crippen molar-refractivity contribution >= 4 is 5.69 Å². The molecule has 1 aliphatic rings. The van der Waals surface area contributed by atoms with Crippen LogP contribution in [0.4, 0.5) is 14.5 Å². The van der Waals surface area contributed by atoms with Crippen LogP contribution in [0.15, 0.2) is 30.3 Å². The zero-order valence-electron chi connectivity index (χ0n) is 12.6. The summed E-state index contributed by atoms with van der Waals surface area (Å²) >= 11 is 0. The molecule has 1 heterocycles. The predicted molar refractivity (Wildman–Crippen MR) is 84.0 cm³/mol. The number of phenolic OH excluding ortho intramolecular Hbond substituents is 1. The highest BCUT2D eigenvalue weighted by molar-refractivity contribution is 5.76. The van der Waals surface area contributed by atoms with Crippen LogP contribution in [0, 0.1) is 11.6 Å². The van der Waals surface area contributed by atoms with E-state index in [0.717, 1.165) is 0 Å². The van der Waals surface area contributed by atoms with Gasteiger partial charge in [0.1, 0.15) is 17.4 Å². The van der Waals surface area contributed by atoms with Crippen molar-refractivity contribution in [3.63, 3.8) is 0 Å². The van der Waals surface area contributed by atoms with Crippen molar-refractivity contribution in [1.82, 2.24) is 4.90 Å². The summed E-state index contributed by atoms with van der Waals surface area (Å²) in [6.07, 6.45) is 0. The van der Waals surface area contributed by atoms with Gasteiger partial charge in [-0.3, -0.25) is 4.90 Å². The van der Waals surface area contributed by atoms with Crippen LogP contribution in [0.1, 0.15) is 5.56 Å². The average molecular weight is 320 g/mol. The van der Waals surface area contributed by atoms with E-state index >= 15 is 0 Å². The molecule has 6 heteroatoms. The van der Waals surface area contributed by atoms with E-state index in [2.05, 4.69) is 0 Å². The third kappa shape index (κ3) is 3.28. The van der Waals surface area contributed by atoms with Crippen LogP contribution in [0.25, 0.3) is 11.1 Å². The number of nitrogens with two attached hydrogens (primary N) is 1. The Labute approximate surface area is 133 Å². The molecule has 3 rings (SSSR count). The smallest absolute Gasteiger partial charge is 0.146 e. The molecule has 122 valence electrons. The summed E-state index contributed by atoms with van der Waals surface area (Å²) in [7, 11) is 0. The highest BCUT2D eigenvalue weighted by Gasteiger charge is 2.18. The Bertz CT molecular complexity index is 693. The minimum atomic E-state index is -0.631. The standard InChI is InChI=1S/C17H18F2N2O2/c18-14-8-11(12-2-1-3-16(20)17(12)22)9-15(19)13(14)10-21-4-6-23-7-5-21/h1-3,8-9,22H,4-7,10,20H2. The van der Waals surface area contributed by atoms with Crippen molar-refractivity contribution in [2.45, 2.75) is 6.54 Å². The molecule has 1 saturated heterocycles.